The van der Waals surface area contributed by atoms with Crippen molar-refractivity contribution in [1.82, 2.24) is 0 Å². The van der Waals surface area contributed by atoms with E-state index < -0.39 is 5.91 Å². The van der Waals surface area contributed by atoms with Gasteiger partial charge >= 0.3 is 0 Å². The van der Waals surface area contributed by atoms with Crippen LogP contribution in [0.5, 0.6) is 0 Å². The summed E-state index contributed by atoms with van der Waals surface area (Å²) >= 11 is 6.02. The Morgan fingerprint density at radius 3 is 2.35 bits per heavy atom. The SMILES string of the molecule is Cc1cc(C)cc(CNc2ccc(C(N)=O)c(Cl)c2)c1. The number of aryl methyl sites for hydroxylation is 2. The number of carbonyl (C=O) groups is 1. The summed E-state index contributed by atoms with van der Waals surface area (Å²) in [6.07, 6.45) is 0. The molecule has 20 heavy (non-hydrogen) atoms. The fourth-order valence-corrected chi connectivity index (χ4v) is 2.47. The predicted octanol–water partition coefficient (Wildman–Crippen LogP) is 3.67. The molecule has 0 fully saturated rings. The van der Waals surface area contributed by atoms with E-state index in [1.165, 1.54) is 16.7 Å². The van der Waals surface area contributed by atoms with Gasteiger partial charge in [0.1, 0.15) is 0 Å². The molecule has 0 saturated carbocycles. The Hall–Kier alpha value is -2.00. The van der Waals surface area contributed by atoms with Gasteiger partial charge in [-0.1, -0.05) is 40.9 Å². The topological polar surface area (TPSA) is 55.1 Å². The number of carbonyl (C=O) groups excluding carboxylic acids is 1. The van der Waals surface area contributed by atoms with E-state index in [9.17, 15) is 4.79 Å². The number of nitrogens with two attached hydrogens (primary N) is 1. The van der Waals surface area contributed by atoms with Crippen molar-refractivity contribution in [2.45, 2.75) is 20.4 Å². The minimum atomic E-state index is -0.518. The third-order valence-corrected chi connectivity index (χ3v) is 3.33. The maximum absolute atomic E-state index is 11.1. The molecule has 0 aliphatic heterocycles. The second-order valence-electron chi connectivity index (χ2n) is 4.91. The maximum Gasteiger partial charge on any atom is 0.250 e. The largest absolute Gasteiger partial charge is 0.381 e. The van der Waals surface area contributed by atoms with Gasteiger partial charge in [0.25, 0.3) is 0 Å². The van der Waals surface area contributed by atoms with Crippen molar-refractivity contribution in [2.75, 3.05) is 5.32 Å². The summed E-state index contributed by atoms with van der Waals surface area (Å²) < 4.78 is 0. The molecule has 2 aromatic carbocycles. The standard InChI is InChI=1S/C16H17ClN2O/c1-10-5-11(2)7-12(6-10)9-19-13-3-4-14(16(18)20)15(17)8-13/h3-8,19H,9H2,1-2H3,(H2,18,20). The Bertz CT molecular complexity index is 633. The molecule has 0 radical (unpaired) electrons. The van der Waals surface area contributed by atoms with Gasteiger partial charge in [0.05, 0.1) is 10.6 Å². The lowest BCUT2D eigenvalue weighted by Gasteiger charge is -2.10. The van der Waals surface area contributed by atoms with E-state index >= 15 is 0 Å². The Morgan fingerprint density at radius 2 is 1.80 bits per heavy atom. The van der Waals surface area contributed by atoms with Crippen LogP contribution >= 0.6 is 11.6 Å². The molecular weight excluding hydrogens is 272 g/mol. The highest BCUT2D eigenvalue weighted by atomic mass is 35.5. The first-order valence-corrected chi connectivity index (χ1v) is 6.74. The average molecular weight is 289 g/mol. The fraction of sp³-hybridized carbons (Fsp3) is 0.188. The van der Waals surface area contributed by atoms with Crippen molar-refractivity contribution in [2.24, 2.45) is 5.73 Å². The van der Waals surface area contributed by atoms with Gasteiger partial charge in [-0.3, -0.25) is 4.79 Å². The Morgan fingerprint density at radius 1 is 1.15 bits per heavy atom. The number of hydrogen-bond donors (Lipinski definition) is 2. The number of primary amides is 1. The van der Waals surface area contributed by atoms with E-state index in [1.807, 2.05) is 0 Å². The van der Waals surface area contributed by atoms with E-state index in [-0.39, 0.29) is 0 Å². The van der Waals surface area contributed by atoms with Gasteiger partial charge in [-0.15, -0.1) is 0 Å². The van der Waals surface area contributed by atoms with Gasteiger partial charge in [-0.05, 0) is 37.6 Å². The molecule has 2 rings (SSSR count). The van der Waals surface area contributed by atoms with Gasteiger partial charge in [0.2, 0.25) is 5.91 Å². The smallest absolute Gasteiger partial charge is 0.250 e. The molecule has 0 atom stereocenters. The summed E-state index contributed by atoms with van der Waals surface area (Å²) in [5.41, 5.74) is 10.1. The number of halogens is 1. The summed E-state index contributed by atoms with van der Waals surface area (Å²) in [5.74, 6) is -0.518. The summed E-state index contributed by atoms with van der Waals surface area (Å²) in [5, 5.41) is 3.65. The van der Waals surface area contributed by atoms with Gasteiger partial charge in [-0.25, -0.2) is 0 Å². The summed E-state index contributed by atoms with van der Waals surface area (Å²) in [6.45, 7) is 4.86. The number of benzene rings is 2. The van der Waals surface area contributed by atoms with Crippen LogP contribution in [0, 0.1) is 13.8 Å². The predicted molar refractivity (Wildman–Crippen MR) is 83.2 cm³/mol. The van der Waals surface area contributed by atoms with Crippen LogP contribution in [0.2, 0.25) is 5.02 Å². The Kier molecular flexibility index (Phi) is 4.30. The molecule has 0 aromatic heterocycles. The Labute approximate surface area is 123 Å². The Balaban J connectivity index is 2.11. The number of hydrogen-bond acceptors (Lipinski definition) is 2. The molecule has 0 saturated heterocycles. The third-order valence-electron chi connectivity index (χ3n) is 3.01. The van der Waals surface area contributed by atoms with Gasteiger partial charge in [-0.2, -0.15) is 0 Å². The van der Waals surface area contributed by atoms with Crippen LogP contribution in [0.15, 0.2) is 36.4 Å². The van der Waals surface area contributed by atoms with E-state index in [4.69, 9.17) is 17.3 Å². The highest BCUT2D eigenvalue weighted by Crippen LogP contribution is 2.21. The van der Waals surface area contributed by atoms with Crippen molar-refractivity contribution in [3.63, 3.8) is 0 Å². The molecule has 0 spiro atoms. The van der Waals surface area contributed by atoms with Crippen molar-refractivity contribution < 1.29 is 4.79 Å². The summed E-state index contributed by atoms with van der Waals surface area (Å²) in [4.78, 5) is 11.1. The molecule has 0 bridgehead atoms. The van der Waals surface area contributed by atoms with Crippen LogP contribution in [-0.4, -0.2) is 5.91 Å². The molecular formula is C16H17ClN2O. The third kappa shape index (κ3) is 3.52. The fourth-order valence-electron chi connectivity index (χ4n) is 2.20. The maximum atomic E-state index is 11.1. The number of rotatable bonds is 4. The lowest BCUT2D eigenvalue weighted by atomic mass is 10.1. The lowest BCUT2D eigenvalue weighted by Crippen LogP contribution is -2.11. The minimum absolute atomic E-state index is 0.337. The zero-order chi connectivity index (χ0) is 14.7. The van der Waals surface area contributed by atoms with Crippen LogP contribution in [0.4, 0.5) is 5.69 Å². The minimum Gasteiger partial charge on any atom is -0.381 e. The molecule has 0 heterocycles. The first-order chi connectivity index (χ1) is 9.45. The highest BCUT2D eigenvalue weighted by molar-refractivity contribution is 6.34. The quantitative estimate of drug-likeness (QED) is 0.902. The molecule has 1 amide bonds. The monoisotopic (exact) mass is 288 g/mol. The van der Waals surface area contributed by atoms with E-state index in [1.54, 1.807) is 18.2 Å². The van der Waals surface area contributed by atoms with Crippen LogP contribution in [0.25, 0.3) is 0 Å². The van der Waals surface area contributed by atoms with E-state index in [0.29, 0.717) is 17.1 Å². The zero-order valence-electron chi connectivity index (χ0n) is 11.5. The molecule has 104 valence electrons. The summed E-state index contributed by atoms with van der Waals surface area (Å²) in [7, 11) is 0. The molecule has 3 nitrogen and oxygen atoms in total. The lowest BCUT2D eigenvalue weighted by molar-refractivity contribution is 0.100. The van der Waals surface area contributed by atoms with Crippen molar-refractivity contribution in [1.29, 1.82) is 0 Å². The van der Waals surface area contributed by atoms with Gasteiger partial charge in [0.15, 0.2) is 0 Å². The highest BCUT2D eigenvalue weighted by Gasteiger charge is 2.06. The number of anilines is 1. The zero-order valence-corrected chi connectivity index (χ0v) is 12.3. The van der Waals surface area contributed by atoms with Crippen LogP contribution in [0.1, 0.15) is 27.0 Å². The first kappa shape index (κ1) is 14.4. The van der Waals surface area contributed by atoms with E-state index in [2.05, 4.69) is 37.4 Å². The van der Waals surface area contributed by atoms with Crippen LogP contribution in [-0.2, 0) is 6.54 Å². The van der Waals surface area contributed by atoms with E-state index in [0.717, 1.165) is 5.69 Å². The summed E-state index contributed by atoms with van der Waals surface area (Å²) in [6, 6.07) is 11.6. The average Bonchev–Trinajstić information content (AvgIpc) is 2.35. The molecule has 0 aliphatic rings. The van der Waals surface area contributed by atoms with Crippen molar-refractivity contribution in [3.8, 4) is 0 Å². The molecule has 2 aromatic rings. The van der Waals surface area contributed by atoms with Gasteiger partial charge in [0, 0.05) is 12.2 Å². The van der Waals surface area contributed by atoms with Crippen LogP contribution < -0.4 is 11.1 Å². The molecule has 3 N–H and O–H groups in total. The second-order valence-corrected chi connectivity index (χ2v) is 5.32. The molecule has 4 heteroatoms. The molecule has 0 aliphatic carbocycles. The van der Waals surface area contributed by atoms with Crippen molar-refractivity contribution >= 4 is 23.2 Å². The number of amides is 1. The normalized spacial score (nSPS) is 10.3. The first-order valence-electron chi connectivity index (χ1n) is 6.36. The second kappa shape index (κ2) is 5.97. The van der Waals surface area contributed by atoms with Gasteiger partial charge < -0.3 is 11.1 Å². The number of nitrogens with one attached hydrogen (secondary N) is 1. The van der Waals surface area contributed by atoms with Crippen LogP contribution in [0.3, 0.4) is 0 Å². The molecule has 0 unspecified atom stereocenters. The van der Waals surface area contributed by atoms with Crippen molar-refractivity contribution in [3.05, 3.63) is 63.7 Å².